The molecule has 0 radical (unpaired) electrons. The standard InChI is InChI=1S/C26H28N4/c1-4-10-20-23-18-13-8-9-14-19(18)28-25(23)24-21(27-20)15-26(2,3)16-22(24)30-29-17-11-6-5-7-12-17/h5-9,11-14,28-29H,4,10,15-16H2,1-3H3. The van der Waals surface area contributed by atoms with Gasteiger partial charge in [-0.05, 0) is 42.9 Å². The molecule has 0 bridgehead atoms. The van der Waals surface area contributed by atoms with Crippen molar-refractivity contribution in [1.82, 2.24) is 9.97 Å². The topological polar surface area (TPSA) is 53.1 Å². The van der Waals surface area contributed by atoms with E-state index in [1.54, 1.807) is 0 Å². The summed E-state index contributed by atoms with van der Waals surface area (Å²) in [6.07, 6.45) is 3.95. The van der Waals surface area contributed by atoms with Crippen molar-refractivity contribution in [2.75, 3.05) is 5.43 Å². The summed E-state index contributed by atoms with van der Waals surface area (Å²) in [5, 5.41) is 7.41. The lowest BCUT2D eigenvalue weighted by molar-refractivity contribution is 0.367. The minimum atomic E-state index is 0.125. The molecule has 0 atom stereocenters. The van der Waals surface area contributed by atoms with Gasteiger partial charge >= 0.3 is 0 Å². The van der Waals surface area contributed by atoms with Crippen LogP contribution in [0.3, 0.4) is 0 Å². The normalized spacial score (nSPS) is 16.8. The molecule has 0 unspecified atom stereocenters. The van der Waals surface area contributed by atoms with Gasteiger partial charge in [0.05, 0.1) is 28.3 Å². The van der Waals surface area contributed by atoms with E-state index in [9.17, 15) is 0 Å². The third kappa shape index (κ3) is 3.26. The van der Waals surface area contributed by atoms with Crippen molar-refractivity contribution >= 4 is 33.2 Å². The number of hydrogen-bond acceptors (Lipinski definition) is 3. The van der Waals surface area contributed by atoms with Crippen molar-refractivity contribution in [2.45, 2.75) is 46.5 Å². The summed E-state index contributed by atoms with van der Waals surface area (Å²) in [5.41, 5.74) is 11.4. The molecular formula is C26H28N4. The number of hydrazone groups is 1. The van der Waals surface area contributed by atoms with Gasteiger partial charge in [0.1, 0.15) is 0 Å². The molecule has 2 aromatic heterocycles. The lowest BCUT2D eigenvalue weighted by Crippen LogP contribution is -2.29. The van der Waals surface area contributed by atoms with Gasteiger partial charge in [-0.1, -0.05) is 63.6 Å². The zero-order valence-electron chi connectivity index (χ0n) is 17.9. The number of fused-ring (bicyclic) bond motifs is 5. The van der Waals surface area contributed by atoms with Crippen LogP contribution in [-0.2, 0) is 12.8 Å². The molecule has 30 heavy (non-hydrogen) atoms. The molecule has 4 aromatic rings. The molecule has 0 aliphatic heterocycles. The van der Waals surface area contributed by atoms with Crippen LogP contribution in [0.5, 0.6) is 0 Å². The predicted octanol–water partition coefficient (Wildman–Crippen LogP) is 6.46. The number of benzene rings is 2. The van der Waals surface area contributed by atoms with Crippen LogP contribution in [0.1, 0.15) is 50.6 Å². The highest BCUT2D eigenvalue weighted by Gasteiger charge is 2.33. The average Bonchev–Trinajstić information content (AvgIpc) is 3.11. The molecule has 2 N–H and O–H groups in total. The molecule has 0 amide bonds. The Morgan fingerprint density at radius 2 is 1.80 bits per heavy atom. The Bertz CT molecular complexity index is 1250. The summed E-state index contributed by atoms with van der Waals surface area (Å²) in [5.74, 6) is 0. The van der Waals surface area contributed by atoms with Crippen LogP contribution in [0.2, 0.25) is 0 Å². The minimum absolute atomic E-state index is 0.125. The first-order valence-electron chi connectivity index (χ1n) is 10.9. The second-order valence-electron chi connectivity index (χ2n) is 9.10. The first-order valence-corrected chi connectivity index (χ1v) is 10.9. The summed E-state index contributed by atoms with van der Waals surface area (Å²) in [7, 11) is 0. The maximum Gasteiger partial charge on any atom is 0.0724 e. The number of aromatic nitrogens is 2. The van der Waals surface area contributed by atoms with Gasteiger partial charge in [0, 0.05) is 21.9 Å². The second kappa shape index (κ2) is 7.28. The second-order valence-corrected chi connectivity index (χ2v) is 9.10. The maximum atomic E-state index is 5.23. The molecule has 0 saturated carbocycles. The van der Waals surface area contributed by atoms with Gasteiger partial charge in [0.2, 0.25) is 0 Å². The number of anilines is 1. The molecule has 5 rings (SSSR count). The molecular weight excluding hydrogens is 368 g/mol. The number of H-pyrrole nitrogens is 1. The van der Waals surface area contributed by atoms with Gasteiger partial charge in [0.25, 0.3) is 0 Å². The Morgan fingerprint density at radius 1 is 1.03 bits per heavy atom. The summed E-state index contributed by atoms with van der Waals surface area (Å²) in [4.78, 5) is 8.94. The first kappa shape index (κ1) is 18.9. The number of aromatic amines is 1. The largest absolute Gasteiger partial charge is 0.354 e. The highest BCUT2D eigenvalue weighted by atomic mass is 15.3. The zero-order valence-corrected chi connectivity index (χ0v) is 17.9. The van der Waals surface area contributed by atoms with E-state index in [1.807, 2.05) is 30.3 Å². The van der Waals surface area contributed by atoms with E-state index in [2.05, 4.69) is 55.4 Å². The highest BCUT2D eigenvalue weighted by Crippen LogP contribution is 2.40. The van der Waals surface area contributed by atoms with E-state index in [0.717, 1.165) is 37.1 Å². The number of pyridine rings is 1. The van der Waals surface area contributed by atoms with Crippen molar-refractivity contribution in [3.8, 4) is 0 Å². The van der Waals surface area contributed by atoms with Crippen molar-refractivity contribution in [1.29, 1.82) is 0 Å². The predicted molar refractivity (Wildman–Crippen MR) is 126 cm³/mol. The van der Waals surface area contributed by atoms with Gasteiger partial charge < -0.3 is 4.98 Å². The molecule has 2 aromatic carbocycles. The lowest BCUT2D eigenvalue weighted by atomic mass is 9.74. The molecule has 0 spiro atoms. The van der Waals surface area contributed by atoms with Crippen LogP contribution >= 0.6 is 0 Å². The van der Waals surface area contributed by atoms with Gasteiger partial charge in [-0.15, -0.1) is 0 Å². The van der Waals surface area contributed by atoms with Gasteiger partial charge in [-0.3, -0.25) is 10.4 Å². The summed E-state index contributed by atoms with van der Waals surface area (Å²) in [6.45, 7) is 6.84. The Morgan fingerprint density at radius 3 is 2.60 bits per heavy atom. The van der Waals surface area contributed by atoms with Crippen LogP contribution < -0.4 is 5.43 Å². The minimum Gasteiger partial charge on any atom is -0.354 e. The van der Waals surface area contributed by atoms with Crippen LogP contribution in [0, 0.1) is 5.41 Å². The summed E-state index contributed by atoms with van der Waals surface area (Å²) >= 11 is 0. The molecule has 0 fully saturated rings. The van der Waals surface area contributed by atoms with E-state index in [0.29, 0.717) is 0 Å². The van der Waals surface area contributed by atoms with Crippen molar-refractivity contribution in [2.24, 2.45) is 10.5 Å². The third-order valence-corrected chi connectivity index (χ3v) is 5.96. The Labute approximate surface area is 177 Å². The van der Waals surface area contributed by atoms with Crippen molar-refractivity contribution in [3.63, 3.8) is 0 Å². The number of nitrogens with zero attached hydrogens (tertiary/aromatic N) is 2. The van der Waals surface area contributed by atoms with Gasteiger partial charge in [-0.2, -0.15) is 5.10 Å². The zero-order chi connectivity index (χ0) is 20.7. The number of rotatable bonds is 4. The lowest BCUT2D eigenvalue weighted by Gasteiger charge is -2.32. The van der Waals surface area contributed by atoms with E-state index in [1.165, 1.54) is 38.8 Å². The maximum absolute atomic E-state index is 5.23. The average molecular weight is 397 g/mol. The smallest absolute Gasteiger partial charge is 0.0724 e. The molecule has 4 heteroatoms. The molecule has 2 heterocycles. The fraction of sp³-hybridized carbons (Fsp3) is 0.308. The highest BCUT2D eigenvalue weighted by molar-refractivity contribution is 6.18. The van der Waals surface area contributed by atoms with E-state index >= 15 is 0 Å². The Hall–Kier alpha value is -3.14. The van der Waals surface area contributed by atoms with Crippen LogP contribution in [0.4, 0.5) is 5.69 Å². The molecule has 152 valence electrons. The molecule has 4 nitrogen and oxygen atoms in total. The van der Waals surface area contributed by atoms with E-state index in [4.69, 9.17) is 10.1 Å². The van der Waals surface area contributed by atoms with Crippen molar-refractivity contribution in [3.05, 3.63) is 71.5 Å². The number of para-hydroxylation sites is 2. The monoisotopic (exact) mass is 396 g/mol. The van der Waals surface area contributed by atoms with Gasteiger partial charge in [-0.25, -0.2) is 0 Å². The summed E-state index contributed by atoms with van der Waals surface area (Å²) in [6, 6.07) is 18.7. The number of hydrogen-bond donors (Lipinski definition) is 2. The fourth-order valence-electron chi connectivity index (χ4n) is 4.70. The molecule has 0 saturated heterocycles. The number of nitrogens with one attached hydrogen (secondary N) is 2. The van der Waals surface area contributed by atoms with Gasteiger partial charge in [0.15, 0.2) is 0 Å². The van der Waals surface area contributed by atoms with Crippen molar-refractivity contribution < 1.29 is 0 Å². The molecule has 1 aliphatic rings. The molecule has 1 aliphatic carbocycles. The van der Waals surface area contributed by atoms with E-state index in [-0.39, 0.29) is 5.41 Å². The number of aryl methyl sites for hydroxylation is 1. The first-order chi connectivity index (χ1) is 14.6. The van der Waals surface area contributed by atoms with Crippen LogP contribution in [0.15, 0.2) is 59.7 Å². The fourth-order valence-corrected chi connectivity index (χ4v) is 4.70. The van der Waals surface area contributed by atoms with E-state index < -0.39 is 0 Å². The quantitative estimate of drug-likeness (QED) is 0.389. The van der Waals surface area contributed by atoms with Crippen LogP contribution in [0.25, 0.3) is 21.8 Å². The Balaban J connectivity index is 1.76. The summed E-state index contributed by atoms with van der Waals surface area (Å²) < 4.78 is 0. The Kier molecular flexibility index (Phi) is 4.58. The SMILES string of the molecule is CCCc1nc2c(c3[nH]c4ccccc4c13)C(=NNc1ccccc1)CC(C)(C)C2. The van der Waals surface area contributed by atoms with Crippen LogP contribution in [-0.4, -0.2) is 15.7 Å². The third-order valence-electron chi connectivity index (χ3n) is 5.96.